The number of anilines is 1. The summed E-state index contributed by atoms with van der Waals surface area (Å²) in [6.07, 6.45) is 0. The van der Waals surface area contributed by atoms with Crippen molar-refractivity contribution < 1.29 is 32.0 Å². The van der Waals surface area contributed by atoms with Crippen molar-refractivity contribution in [2.24, 2.45) is 0 Å². The molecule has 3 N–H and O–H groups in total. The Morgan fingerprint density at radius 3 is 2.52 bits per heavy atom. The summed E-state index contributed by atoms with van der Waals surface area (Å²) in [6, 6.07) is 4.38. The number of amides is 2. The number of nitrogens with one attached hydrogen (secondary N) is 2. The Bertz CT molecular complexity index is 992. The first-order valence-electron chi connectivity index (χ1n) is 7.37. The summed E-state index contributed by atoms with van der Waals surface area (Å²) >= 11 is 0. The van der Waals surface area contributed by atoms with Crippen molar-refractivity contribution in [1.82, 2.24) is 14.7 Å². The fourth-order valence-corrected chi connectivity index (χ4v) is 2.76. The fourth-order valence-electron chi connectivity index (χ4n) is 2.00. The van der Waals surface area contributed by atoms with E-state index >= 15 is 0 Å². The molecular formula is C15H16N4O7S. The van der Waals surface area contributed by atoms with Crippen LogP contribution in [0.4, 0.5) is 10.7 Å². The maximum absolute atomic E-state index is 12.1. The van der Waals surface area contributed by atoms with E-state index in [9.17, 15) is 18.0 Å². The summed E-state index contributed by atoms with van der Waals surface area (Å²) in [4.78, 5) is 30.9. The van der Waals surface area contributed by atoms with E-state index in [0.717, 1.165) is 0 Å². The molecule has 0 bridgehead atoms. The third-order valence-electron chi connectivity index (χ3n) is 3.12. The average molecular weight is 396 g/mol. The molecule has 1 aromatic carbocycles. The summed E-state index contributed by atoms with van der Waals surface area (Å²) in [5.41, 5.74) is 0.363. The lowest BCUT2D eigenvalue weighted by Gasteiger charge is -2.12. The van der Waals surface area contributed by atoms with Gasteiger partial charge in [-0.05, 0) is 25.5 Å². The summed E-state index contributed by atoms with van der Waals surface area (Å²) < 4.78 is 35.4. The molecule has 2 amide bonds. The number of rotatable bonds is 6. The zero-order chi connectivity index (χ0) is 20.2. The van der Waals surface area contributed by atoms with E-state index in [-0.39, 0.29) is 23.0 Å². The van der Waals surface area contributed by atoms with Crippen LogP contribution in [0.1, 0.15) is 21.6 Å². The molecule has 2 aromatic rings. The maximum atomic E-state index is 12.1. The second-order valence-electron chi connectivity index (χ2n) is 5.23. The van der Waals surface area contributed by atoms with E-state index in [1.807, 2.05) is 0 Å². The number of carboxylic acids is 1. The Labute approximate surface area is 154 Å². The monoisotopic (exact) mass is 396 g/mol. The Morgan fingerprint density at radius 2 is 1.89 bits per heavy atom. The smallest absolute Gasteiger partial charge is 0.411 e. The van der Waals surface area contributed by atoms with Gasteiger partial charge in [0.25, 0.3) is 0 Å². The Balaban J connectivity index is 2.16. The molecule has 0 fully saturated rings. The van der Waals surface area contributed by atoms with Crippen molar-refractivity contribution in [3.8, 4) is 11.6 Å². The number of aryl methyl sites for hydroxylation is 2. The summed E-state index contributed by atoms with van der Waals surface area (Å²) in [6.45, 7) is 3.09. The number of benzene rings is 1. The van der Waals surface area contributed by atoms with Crippen LogP contribution < -0.4 is 19.0 Å². The van der Waals surface area contributed by atoms with Crippen LogP contribution in [0, 0.1) is 13.8 Å². The molecule has 0 saturated heterocycles. The maximum Gasteiger partial charge on any atom is 0.411 e. The zero-order valence-corrected chi connectivity index (χ0v) is 15.3. The molecule has 0 aliphatic rings. The van der Waals surface area contributed by atoms with E-state index in [4.69, 9.17) is 14.0 Å². The minimum atomic E-state index is -4.67. The molecule has 0 aliphatic heterocycles. The second-order valence-corrected chi connectivity index (χ2v) is 6.50. The van der Waals surface area contributed by atoms with Crippen LogP contribution in [-0.2, 0) is 10.3 Å². The standard InChI is InChI=1S/C15H16N4O7S/c1-8-5-4-6-10(13(20)21)12(8)26-27(23,24)19-15(22)18-14-16-9(2)7-11(17-14)25-3/h4-7H,1-3H3,(H,20,21)(H2,16,17,18,19,22). The molecule has 11 nitrogen and oxygen atoms in total. The zero-order valence-electron chi connectivity index (χ0n) is 14.5. The minimum absolute atomic E-state index is 0.169. The Morgan fingerprint density at radius 1 is 1.19 bits per heavy atom. The number of carboxylic acid groups (broad SMARTS) is 1. The number of hydrogen-bond donors (Lipinski definition) is 3. The number of ether oxygens (including phenoxy) is 1. The number of hydrogen-bond acceptors (Lipinski definition) is 8. The van der Waals surface area contributed by atoms with Gasteiger partial charge in [0.05, 0.1) is 7.11 Å². The Hall–Kier alpha value is -3.41. The van der Waals surface area contributed by atoms with Crippen LogP contribution in [0.3, 0.4) is 0 Å². The lowest BCUT2D eigenvalue weighted by atomic mass is 10.1. The third-order valence-corrected chi connectivity index (χ3v) is 3.94. The Kier molecular flexibility index (Phi) is 5.80. The summed E-state index contributed by atoms with van der Waals surface area (Å²) in [7, 11) is -3.30. The topological polar surface area (TPSA) is 157 Å². The molecule has 0 saturated carbocycles. The van der Waals surface area contributed by atoms with Crippen LogP contribution >= 0.6 is 0 Å². The molecule has 0 unspecified atom stereocenters. The van der Waals surface area contributed by atoms with Gasteiger partial charge in [0.1, 0.15) is 5.56 Å². The van der Waals surface area contributed by atoms with E-state index in [1.54, 1.807) is 11.6 Å². The van der Waals surface area contributed by atoms with E-state index in [1.165, 1.54) is 38.3 Å². The van der Waals surface area contributed by atoms with Crippen molar-refractivity contribution >= 4 is 28.3 Å². The number of carbonyl (C=O) groups is 2. The predicted octanol–water partition coefficient (Wildman–Crippen LogP) is 1.25. The van der Waals surface area contributed by atoms with Crippen molar-refractivity contribution in [3.63, 3.8) is 0 Å². The third kappa shape index (κ3) is 5.28. The summed E-state index contributed by atoms with van der Waals surface area (Å²) in [5.74, 6) is -1.81. The molecule has 0 spiro atoms. The molecule has 1 heterocycles. The van der Waals surface area contributed by atoms with Crippen molar-refractivity contribution in [3.05, 3.63) is 41.1 Å². The van der Waals surface area contributed by atoms with Crippen LogP contribution in [0.15, 0.2) is 24.3 Å². The largest absolute Gasteiger partial charge is 0.481 e. The van der Waals surface area contributed by atoms with E-state index in [0.29, 0.717) is 5.69 Å². The molecular weight excluding hydrogens is 380 g/mol. The molecule has 27 heavy (non-hydrogen) atoms. The van der Waals surface area contributed by atoms with Gasteiger partial charge in [0, 0.05) is 11.8 Å². The fraction of sp³-hybridized carbons (Fsp3) is 0.200. The summed E-state index contributed by atoms with van der Waals surface area (Å²) in [5, 5.41) is 11.3. The second kappa shape index (κ2) is 7.86. The molecule has 12 heteroatoms. The highest BCUT2D eigenvalue weighted by Gasteiger charge is 2.23. The van der Waals surface area contributed by atoms with E-state index < -0.39 is 28.1 Å². The lowest BCUT2D eigenvalue weighted by Crippen LogP contribution is -2.38. The first-order valence-corrected chi connectivity index (χ1v) is 8.78. The van der Waals surface area contributed by atoms with Gasteiger partial charge in [0.15, 0.2) is 5.75 Å². The number of carbonyl (C=O) groups excluding carboxylic acids is 1. The molecule has 0 aliphatic carbocycles. The molecule has 1 aromatic heterocycles. The number of urea groups is 1. The SMILES string of the molecule is COc1cc(C)nc(NC(=O)NS(=O)(=O)Oc2c(C)cccc2C(=O)O)n1. The van der Waals surface area contributed by atoms with Gasteiger partial charge in [0.2, 0.25) is 11.8 Å². The minimum Gasteiger partial charge on any atom is -0.481 e. The van der Waals surface area contributed by atoms with Crippen molar-refractivity contribution in [1.29, 1.82) is 0 Å². The van der Waals surface area contributed by atoms with Gasteiger partial charge in [-0.1, -0.05) is 12.1 Å². The number of aromatic nitrogens is 2. The quantitative estimate of drug-likeness (QED) is 0.653. The number of aromatic carboxylic acids is 1. The molecule has 0 atom stereocenters. The van der Waals surface area contributed by atoms with Gasteiger partial charge >= 0.3 is 22.3 Å². The van der Waals surface area contributed by atoms with Gasteiger partial charge in [-0.15, -0.1) is 0 Å². The van der Waals surface area contributed by atoms with Crippen molar-refractivity contribution in [2.75, 3.05) is 12.4 Å². The first kappa shape index (κ1) is 19.9. The van der Waals surface area contributed by atoms with Gasteiger partial charge in [-0.25, -0.2) is 19.3 Å². The van der Waals surface area contributed by atoms with Crippen LogP contribution in [0.5, 0.6) is 11.6 Å². The highest BCUT2D eigenvalue weighted by Crippen LogP contribution is 2.24. The number of methoxy groups -OCH3 is 1. The van der Waals surface area contributed by atoms with Gasteiger partial charge in [-0.2, -0.15) is 13.4 Å². The highest BCUT2D eigenvalue weighted by atomic mass is 32.2. The van der Waals surface area contributed by atoms with E-state index in [2.05, 4.69) is 15.3 Å². The van der Waals surface area contributed by atoms with Gasteiger partial charge in [-0.3, -0.25) is 5.32 Å². The van der Waals surface area contributed by atoms with Crippen LogP contribution in [0.25, 0.3) is 0 Å². The number of para-hydroxylation sites is 1. The van der Waals surface area contributed by atoms with Gasteiger partial charge < -0.3 is 14.0 Å². The first-order chi connectivity index (χ1) is 12.6. The molecule has 144 valence electrons. The lowest BCUT2D eigenvalue weighted by molar-refractivity contribution is 0.0695. The predicted molar refractivity (Wildman–Crippen MR) is 93.2 cm³/mol. The van der Waals surface area contributed by atoms with Crippen molar-refractivity contribution in [2.45, 2.75) is 13.8 Å². The molecule has 0 radical (unpaired) electrons. The number of nitrogens with zero attached hydrogens (tertiary/aromatic N) is 2. The normalized spacial score (nSPS) is 10.8. The van der Waals surface area contributed by atoms with Crippen LogP contribution in [-0.4, -0.2) is 42.6 Å². The van der Waals surface area contributed by atoms with Crippen LogP contribution in [0.2, 0.25) is 0 Å². The average Bonchev–Trinajstić information content (AvgIpc) is 2.54. The highest BCUT2D eigenvalue weighted by molar-refractivity contribution is 7.85. The molecule has 2 rings (SSSR count).